The molecule has 140 valence electrons. The number of rotatable bonds is 7. The number of hydrogen-bond acceptors (Lipinski definition) is 6. The molecule has 3 aromatic rings. The zero-order valence-electron chi connectivity index (χ0n) is 13.7. The van der Waals surface area contributed by atoms with Crippen LogP contribution in [0.5, 0.6) is 0 Å². The zero-order valence-corrected chi connectivity index (χ0v) is 16.9. The van der Waals surface area contributed by atoms with E-state index in [9.17, 15) is 14.0 Å². The van der Waals surface area contributed by atoms with Crippen molar-refractivity contribution in [1.82, 2.24) is 14.8 Å². The number of nitrogens with one attached hydrogen (secondary N) is 1. The molecule has 0 aliphatic rings. The highest BCUT2D eigenvalue weighted by Gasteiger charge is 2.18. The van der Waals surface area contributed by atoms with Gasteiger partial charge in [-0.2, -0.15) is 0 Å². The second-order valence-corrected chi connectivity index (χ2v) is 8.10. The fourth-order valence-electron chi connectivity index (χ4n) is 2.19. The van der Waals surface area contributed by atoms with E-state index < -0.39 is 17.6 Å². The quantitative estimate of drug-likeness (QED) is 0.517. The third kappa shape index (κ3) is 4.93. The Morgan fingerprint density at radius 3 is 2.81 bits per heavy atom. The van der Waals surface area contributed by atoms with Gasteiger partial charge in [-0.1, -0.05) is 33.8 Å². The molecule has 0 fully saturated rings. The van der Waals surface area contributed by atoms with Gasteiger partial charge >= 0.3 is 0 Å². The number of benzene rings is 1. The van der Waals surface area contributed by atoms with Crippen molar-refractivity contribution in [3.63, 3.8) is 0 Å². The molecule has 27 heavy (non-hydrogen) atoms. The van der Waals surface area contributed by atoms with Crippen molar-refractivity contribution in [2.75, 3.05) is 11.1 Å². The van der Waals surface area contributed by atoms with Crippen LogP contribution in [-0.2, 0) is 16.1 Å². The molecule has 2 heterocycles. The first-order valence-corrected chi connectivity index (χ1v) is 10.2. The molecular formula is C16H13BrFN5O2S2. The second-order valence-electron chi connectivity index (χ2n) is 5.30. The number of nitrogens with two attached hydrogens (primary N) is 1. The van der Waals surface area contributed by atoms with E-state index in [0.29, 0.717) is 15.5 Å². The highest BCUT2D eigenvalue weighted by Crippen LogP contribution is 2.27. The van der Waals surface area contributed by atoms with Crippen LogP contribution in [0.15, 0.2) is 45.3 Å². The summed E-state index contributed by atoms with van der Waals surface area (Å²) in [5.74, 6) is -1.02. The summed E-state index contributed by atoms with van der Waals surface area (Å²) in [6, 6.07) is 8.06. The molecule has 3 rings (SSSR count). The van der Waals surface area contributed by atoms with Gasteiger partial charge in [-0.05, 0) is 29.6 Å². The maximum atomic E-state index is 13.8. The Hall–Kier alpha value is -2.24. The number of hydrogen-bond donors (Lipinski definition) is 2. The van der Waals surface area contributed by atoms with Crippen LogP contribution in [0.2, 0.25) is 0 Å². The van der Waals surface area contributed by atoms with Crippen molar-refractivity contribution >= 4 is 56.5 Å². The van der Waals surface area contributed by atoms with E-state index in [1.165, 1.54) is 23.5 Å². The fourth-order valence-corrected chi connectivity index (χ4v) is 3.98. The normalized spacial score (nSPS) is 10.7. The smallest absolute Gasteiger partial charge is 0.237 e. The lowest BCUT2D eigenvalue weighted by Crippen LogP contribution is -2.20. The Bertz CT molecular complexity index is 977. The molecule has 0 unspecified atom stereocenters. The summed E-state index contributed by atoms with van der Waals surface area (Å²) in [5.41, 5.74) is 5.40. The number of primary amides is 1. The van der Waals surface area contributed by atoms with Crippen LogP contribution >= 0.6 is 39.0 Å². The minimum atomic E-state index is -0.546. The number of nitrogens with zero attached hydrogens (tertiary/aromatic N) is 3. The van der Waals surface area contributed by atoms with Gasteiger partial charge in [0.15, 0.2) is 11.0 Å². The lowest BCUT2D eigenvalue weighted by molar-refractivity contribution is -0.118. The van der Waals surface area contributed by atoms with Gasteiger partial charge in [-0.15, -0.1) is 21.5 Å². The number of anilines is 1. The van der Waals surface area contributed by atoms with E-state index in [4.69, 9.17) is 5.73 Å². The molecule has 0 aliphatic carbocycles. The summed E-state index contributed by atoms with van der Waals surface area (Å²) >= 11 is 5.69. The first kappa shape index (κ1) is 19.5. The molecule has 7 nitrogen and oxygen atoms in total. The third-order valence-electron chi connectivity index (χ3n) is 3.31. The minimum absolute atomic E-state index is 0.0309. The number of carbonyl (C=O) groups excluding carboxylic acids is 2. The molecule has 2 aromatic heterocycles. The van der Waals surface area contributed by atoms with Crippen LogP contribution in [0.4, 0.5) is 10.1 Å². The van der Waals surface area contributed by atoms with Crippen LogP contribution in [0.1, 0.15) is 0 Å². The van der Waals surface area contributed by atoms with Crippen molar-refractivity contribution in [3.8, 4) is 10.7 Å². The van der Waals surface area contributed by atoms with Crippen LogP contribution in [0.3, 0.4) is 0 Å². The van der Waals surface area contributed by atoms with Crippen molar-refractivity contribution in [3.05, 3.63) is 46.0 Å². The Kier molecular flexibility index (Phi) is 6.24. The lowest BCUT2D eigenvalue weighted by atomic mass is 10.3. The average Bonchev–Trinajstić information content (AvgIpc) is 3.25. The summed E-state index contributed by atoms with van der Waals surface area (Å²) < 4.78 is 16.0. The van der Waals surface area contributed by atoms with Crippen LogP contribution in [-0.4, -0.2) is 32.3 Å². The Balaban J connectivity index is 1.71. The average molecular weight is 470 g/mol. The van der Waals surface area contributed by atoms with Gasteiger partial charge in [-0.3, -0.25) is 14.2 Å². The topological polar surface area (TPSA) is 103 Å². The maximum absolute atomic E-state index is 13.8. The summed E-state index contributed by atoms with van der Waals surface area (Å²) in [6.07, 6.45) is 0. The molecule has 0 bridgehead atoms. The fraction of sp³-hybridized carbons (Fsp3) is 0.125. The van der Waals surface area contributed by atoms with E-state index in [2.05, 4.69) is 31.4 Å². The molecule has 0 aliphatic heterocycles. The third-order valence-corrected chi connectivity index (χ3v) is 5.64. The first-order chi connectivity index (χ1) is 12.9. The van der Waals surface area contributed by atoms with Crippen molar-refractivity contribution < 1.29 is 14.0 Å². The predicted molar refractivity (Wildman–Crippen MR) is 106 cm³/mol. The Labute approximate surface area is 170 Å². The number of thiophene rings is 1. The molecule has 0 spiro atoms. The molecule has 0 saturated heterocycles. The summed E-state index contributed by atoms with van der Waals surface area (Å²) in [6.45, 7) is -0.106. The molecule has 0 saturated carbocycles. The van der Waals surface area contributed by atoms with Gasteiger partial charge in [0.05, 0.1) is 16.3 Å². The van der Waals surface area contributed by atoms with Gasteiger partial charge in [0.25, 0.3) is 0 Å². The van der Waals surface area contributed by atoms with E-state index in [0.717, 1.165) is 16.6 Å². The van der Waals surface area contributed by atoms with Crippen molar-refractivity contribution in [1.29, 1.82) is 0 Å². The van der Waals surface area contributed by atoms with Gasteiger partial charge in [0.2, 0.25) is 11.8 Å². The second kappa shape index (κ2) is 8.63. The Morgan fingerprint density at radius 1 is 1.33 bits per heavy atom. The molecular weight excluding hydrogens is 457 g/mol. The molecule has 3 N–H and O–H groups in total. The van der Waals surface area contributed by atoms with Crippen LogP contribution in [0, 0.1) is 5.82 Å². The molecule has 11 heteroatoms. The van der Waals surface area contributed by atoms with Gasteiger partial charge < -0.3 is 11.1 Å². The highest BCUT2D eigenvalue weighted by molar-refractivity contribution is 9.10. The van der Waals surface area contributed by atoms with E-state index in [-0.39, 0.29) is 18.0 Å². The predicted octanol–water partition coefficient (Wildman–Crippen LogP) is 3.12. The lowest BCUT2D eigenvalue weighted by Gasteiger charge is -2.08. The number of amides is 2. The van der Waals surface area contributed by atoms with Crippen molar-refractivity contribution in [2.45, 2.75) is 11.7 Å². The summed E-state index contributed by atoms with van der Waals surface area (Å²) in [5, 5.41) is 12.9. The van der Waals surface area contributed by atoms with Crippen LogP contribution < -0.4 is 11.1 Å². The SMILES string of the molecule is NC(=O)Cn1c(SCC(=O)Nc2ccc(Br)cc2F)nnc1-c1cccs1. The standard InChI is InChI=1S/C16H13BrFN5O2S2/c17-9-3-4-11(10(18)6-9)20-14(25)8-27-16-22-21-15(12-2-1-5-26-12)23(16)7-13(19)24/h1-6H,7-8H2,(H2,19,24)(H,20,25). The summed E-state index contributed by atoms with van der Waals surface area (Å²) in [7, 11) is 0. The number of thioether (sulfide) groups is 1. The van der Waals surface area contributed by atoms with Gasteiger partial charge in [-0.25, -0.2) is 4.39 Å². The largest absolute Gasteiger partial charge is 0.368 e. The molecule has 0 radical (unpaired) electrons. The van der Waals surface area contributed by atoms with Crippen molar-refractivity contribution in [2.24, 2.45) is 5.73 Å². The first-order valence-electron chi connectivity index (χ1n) is 7.57. The molecule has 0 atom stereocenters. The van der Waals surface area contributed by atoms with Crippen LogP contribution in [0.25, 0.3) is 10.7 Å². The molecule has 2 amide bonds. The number of carbonyl (C=O) groups is 2. The number of aromatic nitrogens is 3. The highest BCUT2D eigenvalue weighted by atomic mass is 79.9. The summed E-state index contributed by atoms with van der Waals surface area (Å²) in [4.78, 5) is 24.4. The zero-order chi connectivity index (χ0) is 19.4. The Morgan fingerprint density at radius 2 is 2.15 bits per heavy atom. The monoisotopic (exact) mass is 469 g/mol. The van der Waals surface area contributed by atoms with Gasteiger partial charge in [0, 0.05) is 4.47 Å². The van der Waals surface area contributed by atoms with E-state index >= 15 is 0 Å². The van der Waals surface area contributed by atoms with E-state index in [1.54, 1.807) is 10.6 Å². The van der Waals surface area contributed by atoms with Gasteiger partial charge in [0.1, 0.15) is 12.4 Å². The van der Waals surface area contributed by atoms with E-state index in [1.807, 2.05) is 17.5 Å². The minimum Gasteiger partial charge on any atom is -0.368 e. The molecule has 1 aromatic carbocycles. The number of halogens is 2. The maximum Gasteiger partial charge on any atom is 0.237 e.